The van der Waals surface area contributed by atoms with E-state index >= 15 is 0 Å². The van der Waals surface area contributed by atoms with Crippen LogP contribution in [0.25, 0.3) is 0 Å². The van der Waals surface area contributed by atoms with Crippen LogP contribution in [-0.4, -0.2) is 30.3 Å². The first-order valence-electron chi connectivity index (χ1n) is 3.89. The summed E-state index contributed by atoms with van der Waals surface area (Å²) in [6.07, 6.45) is 3.24. The quantitative estimate of drug-likeness (QED) is 0.454. The number of hydrogen-bond acceptors (Lipinski definition) is 3. The molecule has 1 aliphatic carbocycles. The van der Waals surface area contributed by atoms with Gasteiger partial charge < -0.3 is 16.2 Å². The first-order chi connectivity index (χ1) is 4.83. The number of hydrogen-bond donors (Lipinski definition) is 3. The fourth-order valence-corrected chi connectivity index (χ4v) is 1.04. The van der Waals surface area contributed by atoms with Crippen LogP contribution in [-0.2, 0) is 0 Å². The van der Waals surface area contributed by atoms with E-state index in [1.165, 1.54) is 12.8 Å². The molecule has 0 heterocycles. The maximum absolute atomic E-state index is 8.48. The van der Waals surface area contributed by atoms with E-state index in [-0.39, 0.29) is 12.1 Å². The van der Waals surface area contributed by atoms with Crippen molar-refractivity contribution >= 4 is 0 Å². The van der Waals surface area contributed by atoms with Gasteiger partial charge in [-0.1, -0.05) is 0 Å². The van der Waals surface area contributed by atoms with Crippen molar-refractivity contribution in [3.05, 3.63) is 0 Å². The molecule has 1 saturated carbocycles. The third-order valence-electron chi connectivity index (χ3n) is 2.08. The second-order valence-corrected chi connectivity index (χ2v) is 2.99. The number of nitrogens with two attached hydrogens (primary N) is 1. The van der Waals surface area contributed by atoms with Gasteiger partial charge in [-0.15, -0.1) is 0 Å². The molecule has 0 spiro atoms. The van der Waals surface area contributed by atoms with Gasteiger partial charge in [0.2, 0.25) is 0 Å². The van der Waals surface area contributed by atoms with Gasteiger partial charge in [-0.3, -0.25) is 0 Å². The molecule has 10 heavy (non-hydrogen) atoms. The average molecular weight is 144 g/mol. The zero-order valence-electron chi connectivity index (χ0n) is 6.27. The molecule has 0 amide bonds. The molecule has 1 aliphatic rings. The summed E-state index contributed by atoms with van der Waals surface area (Å²) in [5.74, 6) is 0. The minimum Gasteiger partial charge on any atom is -0.396 e. The average Bonchev–Trinajstić information content (AvgIpc) is 2.70. The molecule has 3 nitrogen and oxygen atoms in total. The second kappa shape index (κ2) is 3.32. The molecule has 0 aromatic rings. The maximum atomic E-state index is 8.48. The molecule has 0 unspecified atom stereocenters. The minimum absolute atomic E-state index is 0.259. The van der Waals surface area contributed by atoms with Gasteiger partial charge in [0.15, 0.2) is 0 Å². The van der Waals surface area contributed by atoms with E-state index in [0.717, 1.165) is 19.5 Å². The van der Waals surface area contributed by atoms with E-state index < -0.39 is 0 Å². The predicted molar refractivity (Wildman–Crippen MR) is 40.7 cm³/mol. The van der Waals surface area contributed by atoms with Crippen molar-refractivity contribution < 1.29 is 5.11 Å². The third kappa shape index (κ3) is 1.94. The molecular weight excluding hydrogens is 128 g/mol. The van der Waals surface area contributed by atoms with Crippen LogP contribution >= 0.6 is 0 Å². The van der Waals surface area contributed by atoms with E-state index in [0.29, 0.717) is 0 Å². The van der Waals surface area contributed by atoms with Crippen LogP contribution in [0.1, 0.15) is 19.3 Å². The van der Waals surface area contributed by atoms with Crippen LogP contribution in [0, 0.1) is 0 Å². The zero-order valence-corrected chi connectivity index (χ0v) is 6.27. The minimum atomic E-state index is 0.259. The molecule has 3 heteroatoms. The van der Waals surface area contributed by atoms with E-state index in [4.69, 9.17) is 10.8 Å². The Bertz CT molecular complexity index is 102. The van der Waals surface area contributed by atoms with Gasteiger partial charge in [-0.25, -0.2) is 0 Å². The van der Waals surface area contributed by atoms with Crippen LogP contribution in [0.3, 0.4) is 0 Å². The lowest BCUT2D eigenvalue weighted by Crippen LogP contribution is -2.39. The first-order valence-corrected chi connectivity index (χ1v) is 3.89. The summed E-state index contributed by atoms with van der Waals surface area (Å²) in [6.45, 7) is 1.90. The molecule has 4 N–H and O–H groups in total. The van der Waals surface area contributed by atoms with E-state index in [9.17, 15) is 0 Å². The van der Waals surface area contributed by atoms with Gasteiger partial charge in [0.25, 0.3) is 0 Å². The maximum Gasteiger partial charge on any atom is 0.0443 e. The largest absolute Gasteiger partial charge is 0.396 e. The first kappa shape index (κ1) is 7.98. The highest BCUT2D eigenvalue weighted by atomic mass is 16.3. The number of aliphatic hydroxyl groups excluding tert-OH is 1. The highest BCUT2D eigenvalue weighted by molar-refractivity contribution is 5.02. The lowest BCUT2D eigenvalue weighted by Gasteiger charge is -2.13. The molecule has 0 aromatic heterocycles. The molecule has 0 atom stereocenters. The molecule has 1 rings (SSSR count). The molecule has 1 fully saturated rings. The fraction of sp³-hybridized carbons (Fsp3) is 1.00. The lowest BCUT2D eigenvalue weighted by atomic mass is 10.2. The summed E-state index contributed by atoms with van der Waals surface area (Å²) in [6, 6.07) is 0. The van der Waals surface area contributed by atoms with Crippen molar-refractivity contribution in [3.63, 3.8) is 0 Å². The van der Waals surface area contributed by atoms with Gasteiger partial charge in [0.05, 0.1) is 0 Å². The van der Waals surface area contributed by atoms with E-state index in [1.54, 1.807) is 0 Å². The number of rotatable bonds is 5. The van der Waals surface area contributed by atoms with Gasteiger partial charge in [0.1, 0.15) is 0 Å². The molecule has 0 radical (unpaired) electrons. The third-order valence-corrected chi connectivity index (χ3v) is 2.08. The zero-order chi connectivity index (χ0) is 7.45. The highest BCUT2D eigenvalue weighted by Crippen LogP contribution is 2.33. The Kier molecular flexibility index (Phi) is 2.65. The van der Waals surface area contributed by atoms with Crippen molar-refractivity contribution in [3.8, 4) is 0 Å². The standard InChI is InChI=1S/C7H16N2O/c8-6-7(2-3-7)9-4-1-5-10/h9-10H,1-6,8H2. The van der Waals surface area contributed by atoms with E-state index in [1.807, 2.05) is 0 Å². The normalized spacial score (nSPS) is 21.0. The predicted octanol–water partition coefficient (Wildman–Crippen LogP) is -0.550. The summed E-state index contributed by atoms with van der Waals surface area (Å²) < 4.78 is 0. The van der Waals surface area contributed by atoms with Crippen LogP contribution in [0.15, 0.2) is 0 Å². The molecule has 0 bridgehead atoms. The molecule has 0 aliphatic heterocycles. The fourth-order valence-electron chi connectivity index (χ4n) is 1.04. The highest BCUT2D eigenvalue weighted by Gasteiger charge is 2.40. The summed E-state index contributed by atoms with van der Waals surface area (Å²) in [4.78, 5) is 0. The van der Waals surface area contributed by atoms with Crippen LogP contribution in [0.2, 0.25) is 0 Å². The lowest BCUT2D eigenvalue weighted by molar-refractivity contribution is 0.282. The second-order valence-electron chi connectivity index (χ2n) is 2.99. The number of aliphatic hydroxyl groups is 1. The monoisotopic (exact) mass is 144 g/mol. The van der Waals surface area contributed by atoms with Gasteiger partial charge in [-0.2, -0.15) is 0 Å². The Hall–Kier alpha value is -0.120. The Morgan fingerprint density at radius 1 is 1.50 bits per heavy atom. The Balaban J connectivity index is 2.01. The van der Waals surface area contributed by atoms with Crippen LogP contribution < -0.4 is 11.1 Å². The smallest absolute Gasteiger partial charge is 0.0443 e. The van der Waals surface area contributed by atoms with Crippen molar-refractivity contribution in [1.82, 2.24) is 5.32 Å². The topological polar surface area (TPSA) is 58.3 Å². The van der Waals surface area contributed by atoms with E-state index in [2.05, 4.69) is 5.32 Å². The van der Waals surface area contributed by atoms with Crippen molar-refractivity contribution in [2.24, 2.45) is 5.73 Å². The number of nitrogens with one attached hydrogen (secondary N) is 1. The molecule has 0 saturated heterocycles. The van der Waals surface area contributed by atoms with Crippen LogP contribution in [0.5, 0.6) is 0 Å². The summed E-state index contributed by atoms with van der Waals surface area (Å²) >= 11 is 0. The summed E-state index contributed by atoms with van der Waals surface area (Å²) in [5, 5.41) is 11.8. The Morgan fingerprint density at radius 2 is 2.20 bits per heavy atom. The van der Waals surface area contributed by atoms with Crippen molar-refractivity contribution in [2.45, 2.75) is 24.8 Å². The summed E-state index contributed by atoms with van der Waals surface area (Å²) in [7, 11) is 0. The molecular formula is C7H16N2O. The Labute approximate surface area is 61.6 Å². The van der Waals surface area contributed by atoms with Gasteiger partial charge in [0, 0.05) is 18.7 Å². The van der Waals surface area contributed by atoms with Crippen molar-refractivity contribution in [1.29, 1.82) is 0 Å². The van der Waals surface area contributed by atoms with Gasteiger partial charge in [-0.05, 0) is 25.8 Å². The van der Waals surface area contributed by atoms with Crippen molar-refractivity contribution in [2.75, 3.05) is 19.7 Å². The summed E-state index contributed by atoms with van der Waals surface area (Å²) in [5.41, 5.74) is 5.79. The van der Waals surface area contributed by atoms with Crippen LogP contribution in [0.4, 0.5) is 0 Å². The molecule has 60 valence electrons. The SMILES string of the molecule is NCC1(NCCCO)CC1. The van der Waals surface area contributed by atoms with Gasteiger partial charge >= 0.3 is 0 Å². The Morgan fingerprint density at radius 3 is 2.60 bits per heavy atom. The molecule has 0 aromatic carbocycles.